The Labute approximate surface area is 148 Å². The summed E-state index contributed by atoms with van der Waals surface area (Å²) in [5.41, 5.74) is 0.490. The summed E-state index contributed by atoms with van der Waals surface area (Å²) in [6.45, 7) is 2.13. The molecule has 0 fully saturated rings. The molecule has 22 heavy (non-hydrogen) atoms. The zero-order valence-electron chi connectivity index (χ0n) is 12.8. The summed E-state index contributed by atoms with van der Waals surface area (Å²) < 4.78 is 6.37. The van der Waals surface area contributed by atoms with Crippen LogP contribution in [0.1, 0.15) is 49.4 Å². The lowest BCUT2D eigenvalue weighted by atomic mass is 10.1. The Morgan fingerprint density at radius 2 is 1.77 bits per heavy atom. The van der Waals surface area contributed by atoms with Crippen LogP contribution >= 0.6 is 31.9 Å². The van der Waals surface area contributed by atoms with Crippen molar-refractivity contribution in [3.05, 3.63) is 32.7 Å². The van der Waals surface area contributed by atoms with Gasteiger partial charge in [-0.25, -0.2) is 4.79 Å². The van der Waals surface area contributed by atoms with Gasteiger partial charge in [-0.05, 0) is 24.6 Å². The van der Waals surface area contributed by atoms with E-state index in [4.69, 9.17) is 4.74 Å². The molecule has 1 aromatic carbocycles. The molecule has 0 saturated heterocycles. The first-order valence-corrected chi connectivity index (χ1v) is 8.91. The Kier molecular flexibility index (Phi) is 8.71. The van der Waals surface area contributed by atoms with Crippen LogP contribution < -0.4 is 5.32 Å². The molecular weight excluding hydrogens is 414 g/mol. The molecule has 0 saturated carbocycles. The molecule has 1 N–H and O–H groups in total. The lowest BCUT2D eigenvalue weighted by Gasteiger charge is -2.16. The summed E-state index contributed by atoms with van der Waals surface area (Å²) in [5.74, 6) is -0.688. The van der Waals surface area contributed by atoms with Crippen LogP contribution in [0.4, 0.5) is 0 Å². The smallest absolute Gasteiger partial charge is 0.328 e. The maximum absolute atomic E-state index is 12.3. The number of ether oxygens (including phenoxy) is 1. The van der Waals surface area contributed by atoms with Crippen molar-refractivity contribution in [1.29, 1.82) is 0 Å². The molecule has 0 spiro atoms. The number of carbonyl (C=O) groups is 2. The van der Waals surface area contributed by atoms with Gasteiger partial charge in [0.05, 0.1) is 7.11 Å². The van der Waals surface area contributed by atoms with Crippen LogP contribution in [0, 0.1) is 0 Å². The number of hydrogen-bond acceptors (Lipinski definition) is 3. The van der Waals surface area contributed by atoms with E-state index in [1.54, 1.807) is 12.1 Å². The van der Waals surface area contributed by atoms with Crippen molar-refractivity contribution in [2.75, 3.05) is 7.11 Å². The molecule has 0 aliphatic heterocycles. The zero-order valence-corrected chi connectivity index (χ0v) is 16.0. The number of benzene rings is 1. The molecule has 4 nitrogen and oxygen atoms in total. The van der Waals surface area contributed by atoms with Crippen LogP contribution in [-0.4, -0.2) is 25.0 Å². The normalized spacial score (nSPS) is 11.8. The molecule has 122 valence electrons. The minimum atomic E-state index is -0.605. The number of esters is 1. The van der Waals surface area contributed by atoms with Crippen molar-refractivity contribution in [2.45, 2.75) is 45.1 Å². The Bertz CT molecular complexity index is 500. The summed E-state index contributed by atoms with van der Waals surface area (Å²) in [4.78, 5) is 24.1. The number of nitrogens with one attached hydrogen (secondary N) is 1. The SMILES string of the molecule is CCCCCC[C@H](NC(=O)c1cc(Br)cc(Br)c1)C(=O)OC. The molecule has 1 rings (SSSR count). The standard InChI is InChI=1S/C16H21Br2NO3/c1-3-4-5-6-7-14(16(21)22-2)19-15(20)11-8-12(17)10-13(18)9-11/h8-10,14H,3-7H2,1-2H3,(H,19,20)/t14-/m0/s1. The van der Waals surface area contributed by atoms with Crippen LogP contribution in [0.25, 0.3) is 0 Å². The van der Waals surface area contributed by atoms with E-state index in [1.165, 1.54) is 7.11 Å². The highest BCUT2D eigenvalue weighted by molar-refractivity contribution is 9.11. The van der Waals surface area contributed by atoms with E-state index >= 15 is 0 Å². The number of halogens is 2. The predicted molar refractivity (Wildman–Crippen MR) is 93.9 cm³/mol. The van der Waals surface area contributed by atoms with Crippen LogP contribution in [-0.2, 0) is 9.53 Å². The van der Waals surface area contributed by atoms with Crippen LogP contribution in [0.3, 0.4) is 0 Å². The van der Waals surface area contributed by atoms with Crippen molar-refractivity contribution in [3.8, 4) is 0 Å². The maximum Gasteiger partial charge on any atom is 0.328 e. The molecule has 6 heteroatoms. The average Bonchev–Trinajstić information content (AvgIpc) is 2.48. The van der Waals surface area contributed by atoms with E-state index < -0.39 is 12.0 Å². The molecule has 0 unspecified atom stereocenters. The molecule has 0 aromatic heterocycles. The van der Waals surface area contributed by atoms with Gasteiger partial charge in [-0.15, -0.1) is 0 Å². The number of rotatable bonds is 8. The van der Waals surface area contributed by atoms with Gasteiger partial charge in [0.2, 0.25) is 0 Å². The molecule has 1 amide bonds. The Balaban J connectivity index is 2.71. The Hall–Kier alpha value is -0.880. The van der Waals surface area contributed by atoms with Crippen LogP contribution in [0.5, 0.6) is 0 Å². The first-order chi connectivity index (χ1) is 10.5. The largest absolute Gasteiger partial charge is 0.467 e. The highest BCUT2D eigenvalue weighted by Crippen LogP contribution is 2.20. The fraction of sp³-hybridized carbons (Fsp3) is 0.500. The Morgan fingerprint density at radius 3 is 2.32 bits per heavy atom. The van der Waals surface area contributed by atoms with Gasteiger partial charge in [-0.2, -0.15) is 0 Å². The van der Waals surface area contributed by atoms with E-state index in [0.29, 0.717) is 12.0 Å². The minimum absolute atomic E-state index is 0.284. The van der Waals surface area contributed by atoms with Gasteiger partial charge in [0.1, 0.15) is 6.04 Å². The molecule has 0 aliphatic carbocycles. The van der Waals surface area contributed by atoms with Gasteiger partial charge < -0.3 is 10.1 Å². The van der Waals surface area contributed by atoms with Gasteiger partial charge in [-0.1, -0.05) is 64.5 Å². The zero-order chi connectivity index (χ0) is 16.5. The number of hydrogen-bond donors (Lipinski definition) is 1. The molecule has 1 aromatic rings. The number of amides is 1. The fourth-order valence-corrected chi connectivity index (χ4v) is 3.39. The lowest BCUT2D eigenvalue weighted by molar-refractivity contribution is -0.143. The molecule has 0 aliphatic rings. The third kappa shape index (κ3) is 6.48. The lowest BCUT2D eigenvalue weighted by Crippen LogP contribution is -2.41. The third-order valence-electron chi connectivity index (χ3n) is 3.26. The predicted octanol–water partition coefficient (Wildman–Crippen LogP) is 4.45. The monoisotopic (exact) mass is 433 g/mol. The molecule has 0 radical (unpaired) electrons. The van der Waals surface area contributed by atoms with Gasteiger partial charge >= 0.3 is 5.97 Å². The molecule has 0 bridgehead atoms. The van der Waals surface area contributed by atoms with Gasteiger partial charge in [0.25, 0.3) is 5.91 Å². The van der Waals surface area contributed by atoms with Crippen LogP contribution in [0.15, 0.2) is 27.1 Å². The topological polar surface area (TPSA) is 55.4 Å². The van der Waals surface area contributed by atoms with Gasteiger partial charge in [-0.3, -0.25) is 4.79 Å². The summed E-state index contributed by atoms with van der Waals surface area (Å²) in [5, 5.41) is 2.76. The number of carbonyl (C=O) groups excluding carboxylic acids is 2. The summed E-state index contributed by atoms with van der Waals surface area (Å²) in [6.07, 6.45) is 4.77. The van der Waals surface area contributed by atoms with Gasteiger partial charge in [0, 0.05) is 14.5 Å². The number of methoxy groups -OCH3 is 1. The van der Waals surface area contributed by atoms with E-state index in [2.05, 4.69) is 44.1 Å². The molecule has 1 atom stereocenters. The average molecular weight is 435 g/mol. The van der Waals surface area contributed by atoms with Crippen molar-refractivity contribution in [3.63, 3.8) is 0 Å². The second kappa shape index (κ2) is 10.0. The van der Waals surface area contributed by atoms with Crippen LogP contribution in [0.2, 0.25) is 0 Å². The summed E-state index contributed by atoms with van der Waals surface area (Å²) in [7, 11) is 1.34. The fourth-order valence-electron chi connectivity index (χ4n) is 2.09. The highest BCUT2D eigenvalue weighted by atomic mass is 79.9. The third-order valence-corrected chi connectivity index (χ3v) is 4.18. The first kappa shape index (κ1) is 19.2. The van der Waals surface area contributed by atoms with Gasteiger partial charge in [0.15, 0.2) is 0 Å². The second-order valence-electron chi connectivity index (χ2n) is 5.06. The van der Waals surface area contributed by atoms with E-state index in [9.17, 15) is 9.59 Å². The highest BCUT2D eigenvalue weighted by Gasteiger charge is 2.21. The molecular formula is C16H21Br2NO3. The minimum Gasteiger partial charge on any atom is -0.467 e. The van der Waals surface area contributed by atoms with E-state index in [-0.39, 0.29) is 5.91 Å². The summed E-state index contributed by atoms with van der Waals surface area (Å²) in [6, 6.07) is 4.67. The maximum atomic E-state index is 12.3. The van der Waals surface area contributed by atoms with Crippen molar-refractivity contribution >= 4 is 43.7 Å². The van der Waals surface area contributed by atoms with E-state index in [0.717, 1.165) is 34.6 Å². The van der Waals surface area contributed by atoms with Crippen molar-refractivity contribution < 1.29 is 14.3 Å². The summed E-state index contributed by atoms with van der Waals surface area (Å²) >= 11 is 6.70. The Morgan fingerprint density at radius 1 is 1.14 bits per heavy atom. The van der Waals surface area contributed by atoms with Crippen molar-refractivity contribution in [2.24, 2.45) is 0 Å². The molecule has 0 heterocycles. The second-order valence-corrected chi connectivity index (χ2v) is 6.89. The first-order valence-electron chi connectivity index (χ1n) is 7.32. The van der Waals surface area contributed by atoms with Crippen molar-refractivity contribution in [1.82, 2.24) is 5.32 Å². The van der Waals surface area contributed by atoms with E-state index in [1.807, 2.05) is 6.07 Å². The number of unbranched alkanes of at least 4 members (excludes halogenated alkanes) is 3. The quantitative estimate of drug-likeness (QED) is 0.485.